The van der Waals surface area contributed by atoms with Gasteiger partial charge in [-0.05, 0) is 18.4 Å². The van der Waals surface area contributed by atoms with Gasteiger partial charge in [0.25, 0.3) is 0 Å². The summed E-state index contributed by atoms with van der Waals surface area (Å²) in [7, 11) is 0. The minimum Gasteiger partial charge on any atom is -0.352 e. The molecule has 1 heterocycles. The van der Waals surface area contributed by atoms with Gasteiger partial charge < -0.3 is 9.88 Å². The van der Waals surface area contributed by atoms with Crippen LogP contribution in [-0.4, -0.2) is 28.1 Å². The van der Waals surface area contributed by atoms with Crippen molar-refractivity contribution >= 4 is 17.7 Å². The molecular formula is C10H17N3S. The summed E-state index contributed by atoms with van der Waals surface area (Å²) in [5.74, 6) is 2.13. The summed E-state index contributed by atoms with van der Waals surface area (Å²) in [6.45, 7) is 5.45. The average molecular weight is 211 g/mol. The van der Waals surface area contributed by atoms with Crippen LogP contribution in [0.1, 0.15) is 6.42 Å². The van der Waals surface area contributed by atoms with Gasteiger partial charge in [0.05, 0.1) is 0 Å². The van der Waals surface area contributed by atoms with Crippen LogP contribution in [0.2, 0.25) is 0 Å². The van der Waals surface area contributed by atoms with E-state index in [9.17, 15) is 0 Å². The molecule has 0 aromatic carbocycles. The van der Waals surface area contributed by atoms with Crippen LogP contribution in [0.15, 0.2) is 25.0 Å². The van der Waals surface area contributed by atoms with E-state index in [2.05, 4.69) is 27.7 Å². The Morgan fingerprint density at radius 3 is 3.29 bits per heavy atom. The van der Waals surface area contributed by atoms with Crippen LogP contribution in [0, 0.1) is 0 Å². The van der Waals surface area contributed by atoms with E-state index in [1.807, 2.05) is 30.2 Å². The summed E-state index contributed by atoms with van der Waals surface area (Å²) in [4.78, 5) is 4.23. The Bertz CT molecular complexity index is 270. The molecule has 1 rings (SSSR count). The summed E-state index contributed by atoms with van der Waals surface area (Å²) in [5.41, 5.74) is 0. The highest BCUT2D eigenvalue weighted by atomic mass is 32.2. The van der Waals surface area contributed by atoms with Gasteiger partial charge in [0.15, 0.2) is 0 Å². The van der Waals surface area contributed by atoms with E-state index in [1.165, 1.54) is 12.2 Å². The maximum atomic E-state index is 4.23. The van der Waals surface area contributed by atoms with E-state index >= 15 is 0 Å². The predicted octanol–water partition coefficient (Wildman–Crippen LogP) is 2.23. The molecule has 0 unspecified atom stereocenters. The lowest BCUT2D eigenvalue weighted by Gasteiger charge is -2.07. The van der Waals surface area contributed by atoms with Crippen molar-refractivity contribution in [3.8, 4) is 0 Å². The van der Waals surface area contributed by atoms with Crippen molar-refractivity contribution in [2.45, 2.75) is 13.0 Å². The predicted molar refractivity (Wildman–Crippen MR) is 63.9 cm³/mol. The Morgan fingerprint density at radius 1 is 1.71 bits per heavy atom. The fourth-order valence-corrected chi connectivity index (χ4v) is 1.62. The van der Waals surface area contributed by atoms with Crippen molar-refractivity contribution in [1.29, 1.82) is 0 Å². The van der Waals surface area contributed by atoms with Gasteiger partial charge in [-0.1, -0.05) is 6.08 Å². The highest BCUT2D eigenvalue weighted by Crippen LogP contribution is 2.06. The quantitative estimate of drug-likeness (QED) is 0.554. The van der Waals surface area contributed by atoms with Crippen LogP contribution < -0.4 is 5.32 Å². The van der Waals surface area contributed by atoms with E-state index in [-0.39, 0.29) is 0 Å². The molecule has 1 aromatic rings. The van der Waals surface area contributed by atoms with Crippen molar-refractivity contribution in [2.24, 2.45) is 0 Å². The standard InChI is InChI=1S/C10H17N3S/c1-3-5-11-10-12-6-8-13(10)7-4-9-14-2/h3,6,8H,1,4-5,7,9H2,2H3,(H,11,12). The first kappa shape index (κ1) is 11.2. The van der Waals surface area contributed by atoms with Crippen molar-refractivity contribution in [3.63, 3.8) is 0 Å². The molecule has 0 aliphatic carbocycles. The molecule has 0 fully saturated rings. The van der Waals surface area contributed by atoms with Crippen LogP contribution in [0.4, 0.5) is 5.95 Å². The highest BCUT2D eigenvalue weighted by molar-refractivity contribution is 7.98. The highest BCUT2D eigenvalue weighted by Gasteiger charge is 1.99. The number of imidazole rings is 1. The summed E-state index contributed by atoms with van der Waals surface area (Å²) >= 11 is 1.88. The van der Waals surface area contributed by atoms with E-state index in [0.29, 0.717) is 0 Å². The third-order valence-corrected chi connectivity index (χ3v) is 2.56. The third kappa shape index (κ3) is 3.46. The van der Waals surface area contributed by atoms with E-state index in [4.69, 9.17) is 0 Å². The molecular weight excluding hydrogens is 194 g/mol. The maximum absolute atomic E-state index is 4.23. The largest absolute Gasteiger partial charge is 0.352 e. The lowest BCUT2D eigenvalue weighted by Crippen LogP contribution is -2.07. The molecule has 0 atom stereocenters. The topological polar surface area (TPSA) is 29.9 Å². The van der Waals surface area contributed by atoms with Gasteiger partial charge in [-0.3, -0.25) is 0 Å². The second kappa shape index (κ2) is 6.54. The molecule has 3 nitrogen and oxygen atoms in total. The Labute approximate surface area is 89.6 Å². The van der Waals surface area contributed by atoms with Crippen molar-refractivity contribution in [3.05, 3.63) is 25.0 Å². The second-order valence-corrected chi connectivity index (χ2v) is 3.95. The van der Waals surface area contributed by atoms with Crippen LogP contribution in [-0.2, 0) is 6.54 Å². The molecule has 0 amide bonds. The minimum atomic E-state index is 0.763. The van der Waals surface area contributed by atoms with Gasteiger partial charge in [0, 0.05) is 25.5 Å². The van der Waals surface area contributed by atoms with E-state index < -0.39 is 0 Å². The molecule has 0 aliphatic heterocycles. The fourth-order valence-electron chi connectivity index (χ4n) is 1.20. The zero-order valence-corrected chi connectivity index (χ0v) is 9.39. The van der Waals surface area contributed by atoms with Crippen LogP contribution in [0.5, 0.6) is 0 Å². The minimum absolute atomic E-state index is 0.763. The Balaban J connectivity index is 2.40. The van der Waals surface area contributed by atoms with Gasteiger partial charge >= 0.3 is 0 Å². The number of hydrogen-bond acceptors (Lipinski definition) is 3. The SMILES string of the molecule is C=CCNc1nccn1CCCSC. The van der Waals surface area contributed by atoms with Crippen molar-refractivity contribution in [2.75, 3.05) is 23.9 Å². The molecule has 0 saturated heterocycles. The molecule has 78 valence electrons. The lowest BCUT2D eigenvalue weighted by atomic mass is 10.5. The number of aryl methyl sites for hydroxylation is 1. The molecule has 1 aromatic heterocycles. The molecule has 0 bridgehead atoms. The number of anilines is 1. The average Bonchev–Trinajstić information content (AvgIpc) is 2.63. The van der Waals surface area contributed by atoms with Crippen molar-refractivity contribution in [1.82, 2.24) is 9.55 Å². The summed E-state index contributed by atoms with van der Waals surface area (Å²) in [6, 6.07) is 0. The Kier molecular flexibility index (Phi) is 5.22. The number of rotatable bonds is 7. The van der Waals surface area contributed by atoms with Gasteiger partial charge in [0.1, 0.15) is 0 Å². The van der Waals surface area contributed by atoms with E-state index in [1.54, 1.807) is 0 Å². The van der Waals surface area contributed by atoms with Crippen LogP contribution >= 0.6 is 11.8 Å². The monoisotopic (exact) mass is 211 g/mol. The second-order valence-electron chi connectivity index (χ2n) is 2.96. The number of thioether (sulfide) groups is 1. The Morgan fingerprint density at radius 2 is 2.57 bits per heavy atom. The summed E-state index contributed by atoms with van der Waals surface area (Å²) < 4.78 is 2.14. The Hall–Kier alpha value is -0.900. The van der Waals surface area contributed by atoms with Gasteiger partial charge in [-0.15, -0.1) is 6.58 Å². The van der Waals surface area contributed by atoms with Crippen LogP contribution in [0.3, 0.4) is 0 Å². The number of nitrogens with zero attached hydrogens (tertiary/aromatic N) is 2. The molecule has 0 aliphatic rings. The molecule has 1 N–H and O–H groups in total. The van der Waals surface area contributed by atoms with Gasteiger partial charge in [-0.25, -0.2) is 4.98 Å². The zero-order chi connectivity index (χ0) is 10.2. The molecule has 4 heteroatoms. The van der Waals surface area contributed by atoms with E-state index in [0.717, 1.165) is 19.0 Å². The van der Waals surface area contributed by atoms with Gasteiger partial charge in [0.2, 0.25) is 5.95 Å². The summed E-state index contributed by atoms with van der Waals surface area (Å²) in [6.07, 6.45) is 8.97. The number of hydrogen-bond donors (Lipinski definition) is 1. The van der Waals surface area contributed by atoms with Crippen molar-refractivity contribution < 1.29 is 0 Å². The third-order valence-electron chi connectivity index (χ3n) is 1.87. The van der Waals surface area contributed by atoms with Crippen LogP contribution in [0.25, 0.3) is 0 Å². The molecule has 14 heavy (non-hydrogen) atoms. The molecule has 0 spiro atoms. The molecule has 0 radical (unpaired) electrons. The number of aromatic nitrogens is 2. The molecule has 0 saturated carbocycles. The van der Waals surface area contributed by atoms with Gasteiger partial charge in [-0.2, -0.15) is 11.8 Å². The zero-order valence-electron chi connectivity index (χ0n) is 8.57. The normalized spacial score (nSPS) is 10.1. The maximum Gasteiger partial charge on any atom is 0.203 e. The first-order valence-corrected chi connectivity index (χ1v) is 6.12. The smallest absolute Gasteiger partial charge is 0.203 e. The first-order chi connectivity index (χ1) is 6.88. The lowest BCUT2D eigenvalue weighted by molar-refractivity contribution is 0.689. The first-order valence-electron chi connectivity index (χ1n) is 4.73. The number of nitrogens with one attached hydrogen (secondary N) is 1. The fraction of sp³-hybridized carbons (Fsp3) is 0.500. The summed E-state index contributed by atoms with van der Waals surface area (Å²) in [5, 5.41) is 3.20.